The molecule has 2 heterocycles. The maximum absolute atomic E-state index is 14.0. The van der Waals surface area contributed by atoms with Crippen LogP contribution < -0.4 is 23.7 Å². The maximum Gasteiger partial charge on any atom is 0.370 e. The molecule has 0 unspecified atom stereocenters. The zero-order valence-electron chi connectivity index (χ0n) is 21.5. The molecule has 0 saturated heterocycles. The number of rotatable bonds is 11. The molecule has 2 aromatic carbocycles. The number of fused-ring (bicyclic) bond motifs is 2. The summed E-state index contributed by atoms with van der Waals surface area (Å²) in [7, 11) is -1.39. The topological polar surface area (TPSA) is 129 Å². The van der Waals surface area contributed by atoms with Gasteiger partial charge in [0.2, 0.25) is 17.9 Å². The monoisotopic (exact) mass is 578 g/mol. The van der Waals surface area contributed by atoms with Gasteiger partial charge in [-0.1, -0.05) is 18.3 Å². The van der Waals surface area contributed by atoms with Crippen LogP contribution >= 0.6 is 11.3 Å². The van der Waals surface area contributed by atoms with Gasteiger partial charge in [-0.15, -0.1) is 0 Å². The fourth-order valence-electron chi connectivity index (χ4n) is 4.21. The lowest BCUT2D eigenvalue weighted by Crippen LogP contribution is -2.39. The number of methoxy groups -OCH3 is 2. The van der Waals surface area contributed by atoms with Crippen LogP contribution in [0.25, 0.3) is 16.3 Å². The van der Waals surface area contributed by atoms with Crippen molar-refractivity contribution < 1.29 is 46.0 Å². The van der Waals surface area contributed by atoms with Crippen molar-refractivity contribution in [3.05, 3.63) is 58.7 Å². The van der Waals surface area contributed by atoms with Crippen LogP contribution in [0.3, 0.4) is 0 Å². The van der Waals surface area contributed by atoms with Crippen molar-refractivity contribution in [3.8, 4) is 17.2 Å². The number of aromatic nitrogens is 1. The largest absolute Gasteiger partial charge is 0.748 e. The number of anilines is 1. The van der Waals surface area contributed by atoms with E-state index in [1.807, 2.05) is 13.0 Å². The molecule has 39 heavy (non-hydrogen) atoms. The third kappa shape index (κ3) is 6.49. The number of thiazole rings is 1. The van der Waals surface area contributed by atoms with Crippen LogP contribution in [-0.2, 0) is 21.5 Å². The van der Waals surface area contributed by atoms with E-state index in [1.165, 1.54) is 43.8 Å². The molecule has 1 aliphatic heterocycles. The minimum absolute atomic E-state index is 0.0201. The Morgan fingerprint density at radius 3 is 2.59 bits per heavy atom. The summed E-state index contributed by atoms with van der Waals surface area (Å²) < 4.78 is 66.6. The maximum atomic E-state index is 14.0. The summed E-state index contributed by atoms with van der Waals surface area (Å²) in [6, 6.07) is 7.53. The Bertz CT molecular complexity index is 1580. The normalized spacial score (nSPS) is 14.5. The van der Waals surface area contributed by atoms with E-state index in [1.54, 1.807) is 27.7 Å². The first kappa shape index (κ1) is 28.3. The fraction of sp³-hybridized carbons (Fsp3) is 0.308. The molecule has 0 radical (unpaired) electrons. The van der Waals surface area contributed by atoms with E-state index in [2.05, 4.69) is 0 Å². The first-order valence-corrected chi connectivity index (χ1v) is 14.3. The molecule has 0 spiro atoms. The number of aliphatic carboxylic acids is 1. The van der Waals surface area contributed by atoms with Gasteiger partial charge in [-0.25, -0.2) is 17.6 Å². The molecule has 10 nitrogen and oxygen atoms in total. The van der Waals surface area contributed by atoms with E-state index < -0.39 is 27.7 Å². The summed E-state index contributed by atoms with van der Waals surface area (Å²) in [5, 5.41) is 10.2. The van der Waals surface area contributed by atoms with E-state index in [0.717, 1.165) is 10.3 Å². The van der Waals surface area contributed by atoms with E-state index in [-0.39, 0.29) is 19.5 Å². The number of allylic oxidation sites excluding steroid dienone is 2. The van der Waals surface area contributed by atoms with Crippen molar-refractivity contribution in [2.24, 2.45) is 0 Å². The average molecular weight is 579 g/mol. The van der Waals surface area contributed by atoms with E-state index in [0.29, 0.717) is 45.8 Å². The standard InChI is InChI=1S/C26H27FN2O8S2/c1-4-16(10-24-28(8-5-9-39(32,33)34)18-12-17(27)6-7-20(18)37-24)11-25-29(15-26(30)31)19-13-21(35-2)22(36-3)14-23(19)38-25/h6-7,10-14H,4-5,8-9,15H2,1-3H3,(H-,30,31,32,33,34). The molecule has 0 saturated carbocycles. The minimum atomic E-state index is -4.41. The van der Waals surface area contributed by atoms with Crippen LogP contribution in [0.4, 0.5) is 10.1 Å². The summed E-state index contributed by atoms with van der Waals surface area (Å²) in [4.78, 5) is 13.3. The minimum Gasteiger partial charge on any atom is -0.748 e. The van der Waals surface area contributed by atoms with Gasteiger partial charge in [0.05, 0.1) is 36.1 Å². The van der Waals surface area contributed by atoms with Crippen molar-refractivity contribution in [2.75, 3.05) is 31.4 Å². The number of carbonyl (C=O) groups is 1. The van der Waals surface area contributed by atoms with Crippen molar-refractivity contribution in [3.63, 3.8) is 0 Å². The highest BCUT2D eigenvalue weighted by molar-refractivity contribution is 7.85. The van der Waals surface area contributed by atoms with Crippen molar-refractivity contribution in [1.29, 1.82) is 0 Å². The molecule has 0 bridgehead atoms. The molecule has 208 valence electrons. The Kier molecular flexibility index (Phi) is 8.42. The second-order valence-corrected chi connectivity index (χ2v) is 11.2. The van der Waals surface area contributed by atoms with Gasteiger partial charge in [-0.05, 0) is 30.5 Å². The summed E-state index contributed by atoms with van der Waals surface area (Å²) in [6.45, 7) is 1.74. The van der Waals surface area contributed by atoms with Gasteiger partial charge in [0.15, 0.2) is 17.2 Å². The smallest absolute Gasteiger partial charge is 0.370 e. The summed E-state index contributed by atoms with van der Waals surface area (Å²) in [5.41, 5.74) is 1.85. The van der Waals surface area contributed by atoms with Gasteiger partial charge < -0.3 is 28.8 Å². The lowest BCUT2D eigenvalue weighted by atomic mass is 10.2. The third-order valence-corrected chi connectivity index (χ3v) is 7.91. The molecule has 3 aromatic rings. The van der Waals surface area contributed by atoms with Gasteiger partial charge in [0.25, 0.3) is 5.01 Å². The van der Waals surface area contributed by atoms with Crippen LogP contribution in [0, 0.1) is 5.82 Å². The number of carboxylic acids is 1. The molecule has 0 aliphatic carbocycles. The molecule has 0 atom stereocenters. The first-order valence-electron chi connectivity index (χ1n) is 11.9. The molecular formula is C26H27FN2O8S2. The second-order valence-electron chi connectivity index (χ2n) is 8.63. The second kappa shape index (κ2) is 11.6. The van der Waals surface area contributed by atoms with Crippen LogP contribution in [0.2, 0.25) is 0 Å². The summed E-state index contributed by atoms with van der Waals surface area (Å²) >= 11 is 1.38. The molecular weight excluding hydrogens is 551 g/mol. The number of hydrogen-bond acceptors (Lipinski definition) is 9. The van der Waals surface area contributed by atoms with E-state index in [4.69, 9.17) is 14.2 Å². The van der Waals surface area contributed by atoms with Crippen LogP contribution in [0.5, 0.6) is 17.2 Å². The van der Waals surface area contributed by atoms with Gasteiger partial charge in [0.1, 0.15) is 10.5 Å². The zero-order chi connectivity index (χ0) is 28.3. The Labute approximate surface area is 228 Å². The number of halogens is 1. The van der Waals surface area contributed by atoms with Crippen molar-refractivity contribution >= 4 is 49.4 Å². The van der Waals surface area contributed by atoms with Gasteiger partial charge in [-0.3, -0.25) is 0 Å². The number of benzene rings is 2. The Hall–Kier alpha value is -3.68. The molecule has 1 N–H and O–H groups in total. The van der Waals surface area contributed by atoms with Crippen molar-refractivity contribution in [2.45, 2.75) is 26.3 Å². The summed E-state index contributed by atoms with van der Waals surface area (Å²) in [5.74, 6) is -0.361. The lowest BCUT2D eigenvalue weighted by molar-refractivity contribution is -0.657. The number of hydrogen-bond donors (Lipinski definition) is 1. The number of ether oxygens (including phenoxy) is 3. The highest BCUT2D eigenvalue weighted by Gasteiger charge is 2.28. The highest BCUT2D eigenvalue weighted by Crippen LogP contribution is 2.40. The van der Waals surface area contributed by atoms with Crippen molar-refractivity contribution in [1.82, 2.24) is 0 Å². The van der Waals surface area contributed by atoms with Crippen LogP contribution in [-0.4, -0.2) is 50.6 Å². The van der Waals surface area contributed by atoms with Gasteiger partial charge in [-0.2, -0.15) is 4.57 Å². The molecule has 13 heteroatoms. The average Bonchev–Trinajstić information content (AvgIpc) is 3.38. The van der Waals surface area contributed by atoms with E-state index >= 15 is 0 Å². The Morgan fingerprint density at radius 1 is 1.23 bits per heavy atom. The zero-order valence-corrected chi connectivity index (χ0v) is 23.1. The van der Waals surface area contributed by atoms with Gasteiger partial charge >= 0.3 is 5.97 Å². The fourth-order valence-corrected chi connectivity index (χ4v) is 5.84. The van der Waals surface area contributed by atoms with Gasteiger partial charge in [0, 0.05) is 36.6 Å². The quantitative estimate of drug-likeness (QED) is 0.266. The van der Waals surface area contributed by atoms with E-state index in [9.17, 15) is 27.3 Å². The molecule has 0 fully saturated rings. The Balaban J connectivity index is 1.77. The summed E-state index contributed by atoms with van der Waals surface area (Å²) in [6.07, 6.45) is 4.13. The highest BCUT2D eigenvalue weighted by atomic mass is 32.2. The van der Waals surface area contributed by atoms with Crippen LogP contribution in [0.1, 0.15) is 24.8 Å². The SMILES string of the molecule is CCC(=Cc1sc2cc(OC)c(OC)cc2[n+]1CC(=O)O)C=C1Oc2ccc(F)cc2N1CCCS(=O)(=O)[O-]. The molecule has 0 amide bonds. The third-order valence-electron chi connectivity index (χ3n) is 6.02. The molecule has 1 aliphatic rings. The number of carboxylic acid groups (broad SMARTS) is 1. The molecule has 4 rings (SSSR count). The lowest BCUT2D eigenvalue weighted by Gasteiger charge is -2.19. The van der Waals surface area contributed by atoms with Crippen LogP contribution in [0.15, 0.2) is 47.9 Å². The number of nitrogens with zero attached hydrogens (tertiary/aromatic N) is 2. The first-order chi connectivity index (χ1) is 18.5. The molecule has 1 aromatic heterocycles. The Morgan fingerprint density at radius 2 is 1.95 bits per heavy atom. The predicted molar refractivity (Wildman–Crippen MR) is 143 cm³/mol. The predicted octanol–water partition coefficient (Wildman–Crippen LogP) is 3.90.